The van der Waals surface area contributed by atoms with Crippen molar-refractivity contribution < 1.29 is 0 Å². The Labute approximate surface area is 205 Å². The summed E-state index contributed by atoms with van der Waals surface area (Å²) in [6.45, 7) is 0. The summed E-state index contributed by atoms with van der Waals surface area (Å²) in [6.07, 6.45) is 0. The molecule has 7 aromatic carbocycles. The third kappa shape index (κ3) is 3.30. The first kappa shape index (κ1) is 20.0. The minimum atomic E-state index is 0.130. The summed E-state index contributed by atoms with van der Waals surface area (Å²) in [6, 6.07) is 51.1. The third-order valence-electron chi connectivity index (χ3n) is 7.36. The highest BCUT2D eigenvalue weighted by Crippen LogP contribution is 2.41. The summed E-state index contributed by atoms with van der Waals surface area (Å²) in [5.41, 5.74) is 4.01. The van der Waals surface area contributed by atoms with Crippen molar-refractivity contribution in [3.63, 3.8) is 0 Å². The lowest BCUT2D eigenvalue weighted by atomic mass is 9.80. The van der Waals surface area contributed by atoms with Crippen LogP contribution in [0.15, 0.2) is 140 Å². The van der Waals surface area contributed by atoms with Gasteiger partial charge in [0.2, 0.25) is 0 Å². The highest BCUT2D eigenvalue weighted by Gasteiger charge is 2.21. The van der Waals surface area contributed by atoms with Crippen LogP contribution in [-0.2, 0) is 0 Å². The minimum Gasteiger partial charge on any atom is -0.0622 e. The molecule has 0 fully saturated rings. The maximum Gasteiger partial charge on any atom is 0.0352 e. The second-order valence-corrected chi connectivity index (χ2v) is 9.34. The van der Waals surface area contributed by atoms with Gasteiger partial charge in [-0.3, -0.25) is 0 Å². The molecule has 35 heavy (non-hydrogen) atoms. The molecule has 1 atom stereocenters. The zero-order valence-corrected chi connectivity index (χ0v) is 19.4. The van der Waals surface area contributed by atoms with E-state index < -0.39 is 0 Å². The molecule has 0 saturated carbocycles. The van der Waals surface area contributed by atoms with Gasteiger partial charge in [0.25, 0.3) is 0 Å². The molecule has 0 N–H and O–H groups in total. The fraction of sp³-hybridized carbons (Fsp3) is 0.0286. The van der Waals surface area contributed by atoms with Crippen molar-refractivity contribution >= 4 is 43.1 Å². The molecule has 0 amide bonds. The van der Waals surface area contributed by atoms with Crippen LogP contribution in [-0.4, -0.2) is 0 Å². The summed E-state index contributed by atoms with van der Waals surface area (Å²) in [7, 11) is 0. The van der Waals surface area contributed by atoms with Crippen LogP contribution in [0.1, 0.15) is 22.6 Å². The van der Waals surface area contributed by atoms with E-state index in [0.29, 0.717) is 0 Å². The second kappa shape index (κ2) is 8.11. The van der Waals surface area contributed by atoms with E-state index in [1.54, 1.807) is 0 Å². The minimum absolute atomic E-state index is 0.130. The van der Waals surface area contributed by atoms with Crippen molar-refractivity contribution in [1.82, 2.24) is 0 Å². The lowest BCUT2D eigenvalue weighted by molar-refractivity contribution is 1.00. The molecule has 0 nitrogen and oxygen atoms in total. The molecule has 0 aliphatic heterocycles. The number of rotatable bonds is 3. The van der Waals surface area contributed by atoms with Gasteiger partial charge in [-0.2, -0.15) is 0 Å². The molecular weight excluding hydrogens is 420 g/mol. The molecule has 1 unspecified atom stereocenters. The predicted molar refractivity (Wildman–Crippen MR) is 150 cm³/mol. The third-order valence-corrected chi connectivity index (χ3v) is 7.36. The average molecular weight is 445 g/mol. The zero-order chi connectivity index (χ0) is 23.2. The molecule has 7 aromatic rings. The maximum atomic E-state index is 2.37. The van der Waals surface area contributed by atoms with Gasteiger partial charge in [0, 0.05) is 5.92 Å². The van der Waals surface area contributed by atoms with Crippen LogP contribution in [0.5, 0.6) is 0 Å². The Kier molecular flexibility index (Phi) is 4.63. The van der Waals surface area contributed by atoms with E-state index in [1.807, 2.05) is 0 Å². The Morgan fingerprint density at radius 3 is 1.74 bits per heavy atom. The van der Waals surface area contributed by atoms with E-state index in [4.69, 9.17) is 0 Å². The van der Waals surface area contributed by atoms with E-state index in [2.05, 4.69) is 140 Å². The van der Waals surface area contributed by atoms with Gasteiger partial charge in [-0.05, 0) is 71.9 Å². The Hall–Kier alpha value is -4.42. The molecule has 0 heterocycles. The smallest absolute Gasteiger partial charge is 0.0352 e. The zero-order valence-electron chi connectivity index (χ0n) is 19.4. The van der Waals surface area contributed by atoms with Gasteiger partial charge in [-0.1, -0.05) is 127 Å². The summed E-state index contributed by atoms with van der Waals surface area (Å²) in [4.78, 5) is 0. The SMILES string of the molecule is c1ccc(C(c2cccc3cc4ccccc4cc23)c2cccc3c2ccc2ccccc23)cc1. The second-order valence-electron chi connectivity index (χ2n) is 9.34. The molecule has 7 rings (SSSR count). The van der Waals surface area contributed by atoms with Crippen molar-refractivity contribution in [2.45, 2.75) is 5.92 Å². The highest BCUT2D eigenvalue weighted by atomic mass is 14.2. The maximum absolute atomic E-state index is 2.37. The molecule has 0 radical (unpaired) electrons. The van der Waals surface area contributed by atoms with Gasteiger partial charge in [-0.15, -0.1) is 0 Å². The Balaban J connectivity index is 1.57. The Morgan fingerprint density at radius 2 is 0.914 bits per heavy atom. The van der Waals surface area contributed by atoms with Crippen LogP contribution in [0.4, 0.5) is 0 Å². The van der Waals surface area contributed by atoms with Crippen molar-refractivity contribution in [3.05, 3.63) is 156 Å². The lowest BCUT2D eigenvalue weighted by Gasteiger charge is -2.23. The summed E-state index contributed by atoms with van der Waals surface area (Å²) < 4.78 is 0. The first-order chi connectivity index (χ1) is 17.4. The molecule has 0 aliphatic carbocycles. The van der Waals surface area contributed by atoms with Crippen LogP contribution in [0.25, 0.3) is 43.1 Å². The largest absolute Gasteiger partial charge is 0.0622 e. The molecule has 0 saturated heterocycles. The van der Waals surface area contributed by atoms with Gasteiger partial charge in [0.1, 0.15) is 0 Å². The fourth-order valence-electron chi connectivity index (χ4n) is 5.73. The van der Waals surface area contributed by atoms with E-state index in [1.165, 1.54) is 59.8 Å². The van der Waals surface area contributed by atoms with Crippen LogP contribution in [0.2, 0.25) is 0 Å². The predicted octanol–water partition coefficient (Wildman–Crippen LogP) is 9.48. The molecule has 0 aromatic heterocycles. The van der Waals surface area contributed by atoms with E-state index in [-0.39, 0.29) is 5.92 Å². The van der Waals surface area contributed by atoms with Crippen molar-refractivity contribution in [2.24, 2.45) is 0 Å². The van der Waals surface area contributed by atoms with Gasteiger partial charge in [0.15, 0.2) is 0 Å². The summed E-state index contributed by atoms with van der Waals surface area (Å²) in [5.74, 6) is 0.130. The number of hydrogen-bond donors (Lipinski definition) is 0. The van der Waals surface area contributed by atoms with Crippen LogP contribution >= 0.6 is 0 Å². The van der Waals surface area contributed by atoms with Crippen molar-refractivity contribution in [3.8, 4) is 0 Å². The lowest BCUT2D eigenvalue weighted by Crippen LogP contribution is -2.05. The standard InChI is InChI=1S/C35H24/c1-2-11-25(12-3-1)35(32-19-9-17-30-29-16-7-6-10-24(29)20-21-31(30)32)33-18-8-15-28-22-26-13-4-5-14-27(26)23-34(28)33/h1-23,35H. The topological polar surface area (TPSA) is 0 Å². The quantitative estimate of drug-likeness (QED) is 0.145. The molecule has 0 heteroatoms. The molecular formula is C35H24. The Morgan fingerprint density at radius 1 is 0.314 bits per heavy atom. The highest BCUT2D eigenvalue weighted by molar-refractivity contribution is 6.09. The fourth-order valence-corrected chi connectivity index (χ4v) is 5.73. The molecule has 0 bridgehead atoms. The average Bonchev–Trinajstić information content (AvgIpc) is 2.93. The van der Waals surface area contributed by atoms with Gasteiger partial charge in [0.05, 0.1) is 0 Å². The van der Waals surface area contributed by atoms with Gasteiger partial charge < -0.3 is 0 Å². The monoisotopic (exact) mass is 444 g/mol. The summed E-state index contributed by atoms with van der Waals surface area (Å²) >= 11 is 0. The van der Waals surface area contributed by atoms with Crippen LogP contribution < -0.4 is 0 Å². The van der Waals surface area contributed by atoms with Gasteiger partial charge >= 0.3 is 0 Å². The van der Waals surface area contributed by atoms with Gasteiger partial charge in [-0.25, -0.2) is 0 Å². The summed E-state index contributed by atoms with van der Waals surface area (Å²) in [5, 5.41) is 10.4. The van der Waals surface area contributed by atoms with Crippen molar-refractivity contribution in [1.29, 1.82) is 0 Å². The number of hydrogen-bond acceptors (Lipinski definition) is 0. The number of benzene rings is 7. The van der Waals surface area contributed by atoms with E-state index >= 15 is 0 Å². The van der Waals surface area contributed by atoms with Crippen molar-refractivity contribution in [2.75, 3.05) is 0 Å². The first-order valence-electron chi connectivity index (χ1n) is 12.2. The number of fused-ring (bicyclic) bond motifs is 5. The normalized spacial score (nSPS) is 12.5. The molecule has 0 spiro atoms. The molecule has 164 valence electrons. The first-order valence-corrected chi connectivity index (χ1v) is 12.2. The van der Waals surface area contributed by atoms with Crippen LogP contribution in [0.3, 0.4) is 0 Å². The Bertz CT molecular complexity index is 1820. The molecule has 0 aliphatic rings. The van der Waals surface area contributed by atoms with E-state index in [9.17, 15) is 0 Å². The van der Waals surface area contributed by atoms with E-state index in [0.717, 1.165) is 0 Å². The van der Waals surface area contributed by atoms with Crippen LogP contribution in [0, 0.1) is 0 Å².